The maximum atomic E-state index is 12.2. The molecule has 28 heavy (non-hydrogen) atoms. The Balaban J connectivity index is 1.60. The highest BCUT2D eigenvalue weighted by molar-refractivity contribution is 5.96. The van der Waals surface area contributed by atoms with Crippen LogP contribution < -0.4 is 5.32 Å². The van der Waals surface area contributed by atoms with Crippen molar-refractivity contribution in [1.29, 1.82) is 0 Å². The van der Waals surface area contributed by atoms with Crippen LogP contribution in [0.1, 0.15) is 32.9 Å². The van der Waals surface area contributed by atoms with Gasteiger partial charge in [-0.15, -0.1) is 0 Å². The summed E-state index contributed by atoms with van der Waals surface area (Å²) in [7, 11) is 0. The summed E-state index contributed by atoms with van der Waals surface area (Å²) in [5.41, 5.74) is 6.43. The second kappa shape index (κ2) is 8.13. The van der Waals surface area contributed by atoms with Crippen molar-refractivity contribution < 1.29 is 14.3 Å². The molecule has 0 aliphatic rings. The van der Waals surface area contributed by atoms with E-state index in [1.165, 1.54) is 0 Å². The molecular weight excluding hydrogens is 352 g/mol. The SMILES string of the molecule is Cc1cccc(NC(=O)COC(=O)c2ccc(-n3c(C)ccc3C)cc2)c1C. The van der Waals surface area contributed by atoms with Crippen LogP contribution in [-0.4, -0.2) is 23.1 Å². The standard InChI is InChI=1S/C23H24N2O3/c1-15-6-5-7-21(18(15)4)24-22(26)14-28-23(27)19-10-12-20(13-11-19)25-16(2)8-9-17(25)3/h5-13H,14H2,1-4H3,(H,24,26). The molecule has 0 spiro atoms. The number of carbonyl (C=O) groups excluding carboxylic acids is 2. The molecular formula is C23H24N2O3. The summed E-state index contributed by atoms with van der Waals surface area (Å²) in [4.78, 5) is 24.3. The second-order valence-electron chi connectivity index (χ2n) is 6.87. The molecule has 3 rings (SSSR count). The highest BCUT2D eigenvalue weighted by Crippen LogP contribution is 2.19. The van der Waals surface area contributed by atoms with E-state index in [1.807, 2.05) is 70.2 Å². The van der Waals surface area contributed by atoms with E-state index in [-0.39, 0.29) is 12.5 Å². The third-order valence-electron chi connectivity index (χ3n) is 4.85. The summed E-state index contributed by atoms with van der Waals surface area (Å²) in [6.45, 7) is 7.65. The second-order valence-corrected chi connectivity index (χ2v) is 6.87. The molecule has 1 amide bonds. The molecule has 0 saturated carbocycles. The predicted octanol–water partition coefficient (Wildman–Crippen LogP) is 4.51. The Bertz CT molecular complexity index is 997. The molecule has 0 bridgehead atoms. The molecule has 1 N–H and O–H groups in total. The van der Waals surface area contributed by atoms with E-state index in [2.05, 4.69) is 9.88 Å². The third kappa shape index (κ3) is 4.14. The van der Waals surface area contributed by atoms with Gasteiger partial charge >= 0.3 is 5.97 Å². The number of nitrogens with one attached hydrogen (secondary N) is 1. The first-order valence-corrected chi connectivity index (χ1v) is 9.15. The first kappa shape index (κ1) is 19.4. The van der Waals surface area contributed by atoms with E-state index in [0.717, 1.165) is 33.9 Å². The largest absolute Gasteiger partial charge is 0.452 e. The number of amides is 1. The third-order valence-corrected chi connectivity index (χ3v) is 4.85. The summed E-state index contributed by atoms with van der Waals surface area (Å²) >= 11 is 0. The summed E-state index contributed by atoms with van der Waals surface area (Å²) in [5.74, 6) is -0.888. The first-order chi connectivity index (χ1) is 13.4. The molecule has 0 saturated heterocycles. The van der Waals surface area contributed by atoms with Crippen molar-refractivity contribution in [2.45, 2.75) is 27.7 Å². The van der Waals surface area contributed by atoms with Gasteiger partial charge in [-0.2, -0.15) is 0 Å². The van der Waals surface area contributed by atoms with Gasteiger partial charge in [0, 0.05) is 22.8 Å². The van der Waals surface area contributed by atoms with Crippen LogP contribution in [0.3, 0.4) is 0 Å². The van der Waals surface area contributed by atoms with Crippen LogP contribution in [0.15, 0.2) is 54.6 Å². The number of aromatic nitrogens is 1. The van der Waals surface area contributed by atoms with Crippen LogP contribution in [0, 0.1) is 27.7 Å². The summed E-state index contributed by atoms with van der Waals surface area (Å²) in [6.07, 6.45) is 0. The van der Waals surface area contributed by atoms with Gasteiger partial charge in [0.25, 0.3) is 5.91 Å². The quantitative estimate of drug-likeness (QED) is 0.667. The molecule has 5 heteroatoms. The lowest BCUT2D eigenvalue weighted by Crippen LogP contribution is -2.21. The number of esters is 1. The molecule has 3 aromatic rings. The van der Waals surface area contributed by atoms with Crippen LogP contribution in [0.4, 0.5) is 5.69 Å². The average molecular weight is 376 g/mol. The van der Waals surface area contributed by atoms with Crippen LogP contribution in [0.25, 0.3) is 5.69 Å². The topological polar surface area (TPSA) is 60.3 Å². The van der Waals surface area contributed by atoms with E-state index in [9.17, 15) is 9.59 Å². The van der Waals surface area contributed by atoms with Crippen molar-refractivity contribution in [2.75, 3.05) is 11.9 Å². The van der Waals surface area contributed by atoms with Gasteiger partial charge in [0.15, 0.2) is 6.61 Å². The number of carbonyl (C=O) groups is 2. The molecule has 0 radical (unpaired) electrons. The zero-order valence-electron chi connectivity index (χ0n) is 16.6. The van der Waals surface area contributed by atoms with E-state index in [1.54, 1.807) is 12.1 Å². The lowest BCUT2D eigenvalue weighted by atomic mass is 10.1. The van der Waals surface area contributed by atoms with Gasteiger partial charge in [-0.1, -0.05) is 12.1 Å². The van der Waals surface area contributed by atoms with Crippen molar-refractivity contribution in [3.8, 4) is 5.69 Å². The Morgan fingerprint density at radius 3 is 2.18 bits per heavy atom. The van der Waals surface area contributed by atoms with Crippen molar-refractivity contribution in [3.05, 3.63) is 82.7 Å². The molecule has 0 unspecified atom stereocenters. The number of benzene rings is 2. The number of ether oxygens (including phenoxy) is 1. The molecule has 0 atom stereocenters. The minimum atomic E-state index is -0.524. The van der Waals surface area contributed by atoms with E-state index in [4.69, 9.17) is 4.74 Å². The highest BCUT2D eigenvalue weighted by atomic mass is 16.5. The fraction of sp³-hybridized carbons (Fsp3) is 0.217. The summed E-state index contributed by atoms with van der Waals surface area (Å²) in [6, 6.07) is 16.9. The molecule has 144 valence electrons. The number of rotatable bonds is 5. The van der Waals surface area contributed by atoms with Crippen molar-refractivity contribution in [3.63, 3.8) is 0 Å². The van der Waals surface area contributed by atoms with E-state index >= 15 is 0 Å². The van der Waals surface area contributed by atoms with Crippen molar-refractivity contribution in [2.24, 2.45) is 0 Å². The zero-order valence-corrected chi connectivity index (χ0v) is 16.6. The van der Waals surface area contributed by atoms with Crippen LogP contribution in [0.2, 0.25) is 0 Å². The number of hydrogen-bond acceptors (Lipinski definition) is 3. The van der Waals surface area contributed by atoms with Gasteiger partial charge in [0.1, 0.15) is 0 Å². The van der Waals surface area contributed by atoms with Crippen LogP contribution in [-0.2, 0) is 9.53 Å². The Labute approximate surface area is 165 Å². The lowest BCUT2D eigenvalue weighted by molar-refractivity contribution is -0.119. The Hall–Kier alpha value is -3.34. The number of nitrogens with zero attached hydrogens (tertiary/aromatic N) is 1. The van der Waals surface area contributed by atoms with Crippen LogP contribution >= 0.6 is 0 Å². The Morgan fingerprint density at radius 2 is 1.54 bits per heavy atom. The number of aryl methyl sites for hydroxylation is 3. The number of anilines is 1. The number of hydrogen-bond donors (Lipinski definition) is 1. The summed E-state index contributed by atoms with van der Waals surface area (Å²) < 4.78 is 7.26. The summed E-state index contributed by atoms with van der Waals surface area (Å²) in [5, 5.41) is 2.78. The highest BCUT2D eigenvalue weighted by Gasteiger charge is 2.12. The fourth-order valence-electron chi connectivity index (χ4n) is 3.11. The van der Waals surface area contributed by atoms with E-state index in [0.29, 0.717) is 5.56 Å². The average Bonchev–Trinajstić information content (AvgIpc) is 3.02. The van der Waals surface area contributed by atoms with Crippen LogP contribution in [0.5, 0.6) is 0 Å². The normalized spacial score (nSPS) is 10.6. The Morgan fingerprint density at radius 1 is 0.893 bits per heavy atom. The maximum absolute atomic E-state index is 12.2. The molecule has 1 heterocycles. The molecule has 5 nitrogen and oxygen atoms in total. The monoisotopic (exact) mass is 376 g/mol. The van der Waals surface area contributed by atoms with Gasteiger partial charge in [-0.3, -0.25) is 4.79 Å². The van der Waals surface area contributed by atoms with Gasteiger partial charge < -0.3 is 14.6 Å². The molecule has 1 aromatic heterocycles. The lowest BCUT2D eigenvalue weighted by Gasteiger charge is -2.11. The Kier molecular flexibility index (Phi) is 5.64. The van der Waals surface area contributed by atoms with Crippen molar-refractivity contribution >= 4 is 17.6 Å². The minimum Gasteiger partial charge on any atom is -0.452 e. The minimum absolute atomic E-state index is 0.330. The van der Waals surface area contributed by atoms with Gasteiger partial charge in [-0.05, 0) is 81.3 Å². The van der Waals surface area contributed by atoms with E-state index < -0.39 is 5.97 Å². The molecule has 0 aliphatic carbocycles. The van der Waals surface area contributed by atoms with Crippen molar-refractivity contribution in [1.82, 2.24) is 4.57 Å². The molecule has 0 aliphatic heterocycles. The molecule has 0 fully saturated rings. The molecule has 2 aromatic carbocycles. The maximum Gasteiger partial charge on any atom is 0.338 e. The smallest absolute Gasteiger partial charge is 0.338 e. The van der Waals surface area contributed by atoms with Gasteiger partial charge in [-0.25, -0.2) is 4.79 Å². The van der Waals surface area contributed by atoms with Gasteiger partial charge in [0.2, 0.25) is 0 Å². The zero-order chi connectivity index (χ0) is 20.3. The van der Waals surface area contributed by atoms with Gasteiger partial charge in [0.05, 0.1) is 5.56 Å². The fourth-order valence-corrected chi connectivity index (χ4v) is 3.11. The first-order valence-electron chi connectivity index (χ1n) is 9.15. The predicted molar refractivity (Wildman–Crippen MR) is 110 cm³/mol.